The molecule has 2 rings (SSSR count). The van der Waals surface area contributed by atoms with Crippen molar-refractivity contribution in [1.29, 1.82) is 0 Å². The summed E-state index contributed by atoms with van der Waals surface area (Å²) < 4.78 is 0. The minimum absolute atomic E-state index is 0.00116. The van der Waals surface area contributed by atoms with E-state index in [9.17, 15) is 5.11 Å². The second kappa shape index (κ2) is 2.98. The first-order valence-corrected chi connectivity index (χ1v) is 4.91. The molecule has 2 fully saturated rings. The van der Waals surface area contributed by atoms with Crippen molar-refractivity contribution in [3.63, 3.8) is 0 Å². The fourth-order valence-corrected chi connectivity index (χ4v) is 2.37. The van der Waals surface area contributed by atoms with Crippen LogP contribution in [0, 0.1) is 5.92 Å². The zero-order valence-electron chi connectivity index (χ0n) is 7.42. The summed E-state index contributed by atoms with van der Waals surface area (Å²) in [6, 6.07) is 0.00116. The Balaban J connectivity index is 1.93. The molecule has 0 aromatic carbocycles. The molecule has 0 amide bonds. The van der Waals surface area contributed by atoms with Crippen molar-refractivity contribution in [1.82, 2.24) is 5.32 Å². The van der Waals surface area contributed by atoms with E-state index < -0.39 is 5.60 Å². The summed E-state index contributed by atoms with van der Waals surface area (Å²) in [4.78, 5) is 0. The van der Waals surface area contributed by atoms with Gasteiger partial charge in [-0.25, -0.2) is 0 Å². The molecule has 1 saturated carbocycles. The van der Waals surface area contributed by atoms with E-state index in [4.69, 9.17) is 5.73 Å². The van der Waals surface area contributed by atoms with E-state index in [0.29, 0.717) is 19.0 Å². The monoisotopic (exact) mass is 170 g/mol. The van der Waals surface area contributed by atoms with Crippen LogP contribution in [0.15, 0.2) is 0 Å². The van der Waals surface area contributed by atoms with E-state index in [1.54, 1.807) is 0 Å². The highest BCUT2D eigenvalue weighted by Crippen LogP contribution is 2.32. The Hall–Kier alpha value is -0.120. The number of aliphatic hydroxyl groups is 1. The standard InChI is InChI=1S/C9H18N2O/c10-8(7-3-1-2-4-7)9(12)5-11-6-9/h7-8,11-12H,1-6,10H2. The van der Waals surface area contributed by atoms with Crippen LogP contribution in [0.4, 0.5) is 0 Å². The predicted molar refractivity (Wildman–Crippen MR) is 47.8 cm³/mol. The van der Waals surface area contributed by atoms with E-state index in [1.165, 1.54) is 25.7 Å². The molecule has 4 N–H and O–H groups in total. The molecule has 0 bridgehead atoms. The van der Waals surface area contributed by atoms with Crippen LogP contribution in [-0.2, 0) is 0 Å². The Kier molecular flexibility index (Phi) is 2.10. The van der Waals surface area contributed by atoms with E-state index in [2.05, 4.69) is 5.32 Å². The third-order valence-electron chi connectivity index (χ3n) is 3.39. The van der Waals surface area contributed by atoms with Gasteiger partial charge in [0, 0.05) is 19.1 Å². The van der Waals surface area contributed by atoms with Crippen molar-refractivity contribution < 1.29 is 5.11 Å². The molecule has 1 saturated heterocycles. The highest BCUT2D eigenvalue weighted by atomic mass is 16.3. The summed E-state index contributed by atoms with van der Waals surface area (Å²) in [5.74, 6) is 0.567. The predicted octanol–water partition coefficient (Wildman–Crippen LogP) is -0.162. The summed E-state index contributed by atoms with van der Waals surface area (Å²) >= 11 is 0. The van der Waals surface area contributed by atoms with Gasteiger partial charge in [0.15, 0.2) is 0 Å². The van der Waals surface area contributed by atoms with Crippen molar-refractivity contribution in [2.24, 2.45) is 11.7 Å². The zero-order valence-corrected chi connectivity index (χ0v) is 7.42. The molecule has 1 aliphatic heterocycles. The lowest BCUT2D eigenvalue weighted by Crippen LogP contribution is -2.69. The van der Waals surface area contributed by atoms with Gasteiger partial charge in [-0.05, 0) is 18.8 Å². The van der Waals surface area contributed by atoms with E-state index >= 15 is 0 Å². The Morgan fingerprint density at radius 1 is 1.33 bits per heavy atom. The summed E-state index contributed by atoms with van der Waals surface area (Å²) in [5, 5.41) is 13.0. The molecule has 0 radical (unpaired) electrons. The summed E-state index contributed by atoms with van der Waals surface area (Å²) in [6.07, 6.45) is 5.01. The topological polar surface area (TPSA) is 58.3 Å². The molecule has 0 spiro atoms. The molecule has 0 aromatic heterocycles. The first kappa shape index (κ1) is 8.48. The lowest BCUT2D eigenvalue weighted by Gasteiger charge is -2.44. The van der Waals surface area contributed by atoms with Crippen molar-refractivity contribution in [3.8, 4) is 0 Å². The van der Waals surface area contributed by atoms with Crippen LogP contribution in [0.3, 0.4) is 0 Å². The van der Waals surface area contributed by atoms with Gasteiger partial charge in [-0.2, -0.15) is 0 Å². The van der Waals surface area contributed by atoms with Crippen molar-refractivity contribution in [2.45, 2.75) is 37.3 Å². The number of nitrogens with two attached hydrogens (primary N) is 1. The van der Waals surface area contributed by atoms with Crippen molar-refractivity contribution >= 4 is 0 Å². The molecule has 1 aliphatic carbocycles. The first-order valence-electron chi connectivity index (χ1n) is 4.91. The Labute approximate surface area is 73.3 Å². The maximum atomic E-state index is 9.95. The molecule has 1 unspecified atom stereocenters. The van der Waals surface area contributed by atoms with Gasteiger partial charge in [-0.3, -0.25) is 0 Å². The third-order valence-corrected chi connectivity index (χ3v) is 3.39. The summed E-state index contributed by atoms with van der Waals surface area (Å²) in [5.41, 5.74) is 5.44. The minimum Gasteiger partial charge on any atom is -0.386 e. The van der Waals surface area contributed by atoms with Gasteiger partial charge in [0.1, 0.15) is 5.60 Å². The van der Waals surface area contributed by atoms with Gasteiger partial charge in [-0.1, -0.05) is 12.8 Å². The highest BCUT2D eigenvalue weighted by Gasteiger charge is 2.44. The zero-order chi connectivity index (χ0) is 8.60. The van der Waals surface area contributed by atoms with E-state index in [1.807, 2.05) is 0 Å². The molecular weight excluding hydrogens is 152 g/mol. The number of rotatable bonds is 2. The molecule has 1 atom stereocenters. The quantitative estimate of drug-likeness (QED) is 0.539. The number of nitrogens with one attached hydrogen (secondary N) is 1. The van der Waals surface area contributed by atoms with Crippen LogP contribution in [0.2, 0.25) is 0 Å². The van der Waals surface area contributed by atoms with Crippen LogP contribution in [-0.4, -0.2) is 29.8 Å². The number of hydrogen-bond acceptors (Lipinski definition) is 3. The van der Waals surface area contributed by atoms with Gasteiger partial charge in [0.05, 0.1) is 0 Å². The average molecular weight is 170 g/mol. The summed E-state index contributed by atoms with van der Waals surface area (Å²) in [6.45, 7) is 1.37. The van der Waals surface area contributed by atoms with Gasteiger partial charge < -0.3 is 16.2 Å². The first-order chi connectivity index (χ1) is 5.72. The Morgan fingerprint density at radius 2 is 1.92 bits per heavy atom. The molecular formula is C9H18N2O. The largest absolute Gasteiger partial charge is 0.386 e. The molecule has 2 aliphatic rings. The van der Waals surface area contributed by atoms with Crippen molar-refractivity contribution in [2.75, 3.05) is 13.1 Å². The maximum absolute atomic E-state index is 9.95. The molecule has 1 heterocycles. The Bertz CT molecular complexity index is 162. The van der Waals surface area contributed by atoms with Crippen LogP contribution >= 0.6 is 0 Å². The molecule has 3 heteroatoms. The van der Waals surface area contributed by atoms with Crippen LogP contribution in [0.1, 0.15) is 25.7 Å². The molecule has 0 aromatic rings. The third kappa shape index (κ3) is 1.26. The fraction of sp³-hybridized carbons (Fsp3) is 1.00. The van der Waals surface area contributed by atoms with E-state index in [0.717, 1.165) is 0 Å². The van der Waals surface area contributed by atoms with Crippen LogP contribution < -0.4 is 11.1 Å². The van der Waals surface area contributed by atoms with Gasteiger partial charge in [0.25, 0.3) is 0 Å². The molecule has 3 nitrogen and oxygen atoms in total. The Morgan fingerprint density at radius 3 is 2.33 bits per heavy atom. The molecule has 12 heavy (non-hydrogen) atoms. The maximum Gasteiger partial charge on any atom is 0.105 e. The van der Waals surface area contributed by atoms with Gasteiger partial charge >= 0.3 is 0 Å². The average Bonchev–Trinajstić information content (AvgIpc) is 2.50. The minimum atomic E-state index is -0.588. The smallest absolute Gasteiger partial charge is 0.105 e. The SMILES string of the molecule is NC(C1CCCC1)C1(O)CNC1. The highest BCUT2D eigenvalue weighted by molar-refractivity contribution is 5.03. The lowest BCUT2D eigenvalue weighted by atomic mass is 9.80. The lowest BCUT2D eigenvalue weighted by molar-refractivity contribution is -0.0471. The molecule has 70 valence electrons. The number of β-amino-alcohol motifs (C(OH)–C–C–N with tert-alkyl or cyclic N) is 1. The van der Waals surface area contributed by atoms with Gasteiger partial charge in [-0.15, -0.1) is 0 Å². The second-order valence-corrected chi connectivity index (χ2v) is 4.28. The van der Waals surface area contributed by atoms with Crippen molar-refractivity contribution in [3.05, 3.63) is 0 Å². The fourth-order valence-electron chi connectivity index (χ4n) is 2.37. The summed E-state index contributed by atoms with van der Waals surface area (Å²) in [7, 11) is 0. The second-order valence-electron chi connectivity index (χ2n) is 4.28. The normalized spacial score (nSPS) is 31.5. The number of hydrogen-bond donors (Lipinski definition) is 3. The van der Waals surface area contributed by atoms with Crippen LogP contribution in [0.25, 0.3) is 0 Å². The van der Waals surface area contributed by atoms with Crippen LogP contribution in [0.5, 0.6) is 0 Å². The van der Waals surface area contributed by atoms with Gasteiger partial charge in [0.2, 0.25) is 0 Å². The van der Waals surface area contributed by atoms with E-state index in [-0.39, 0.29) is 6.04 Å².